The number of thioether (sulfide) groups is 1. The molecule has 1 amide bonds. The summed E-state index contributed by atoms with van der Waals surface area (Å²) in [6, 6.07) is 6.66. The molecule has 0 aliphatic carbocycles. The molecule has 2 aliphatic rings. The summed E-state index contributed by atoms with van der Waals surface area (Å²) in [7, 11) is 0. The lowest BCUT2D eigenvalue weighted by Crippen LogP contribution is -2.40. The van der Waals surface area contributed by atoms with Gasteiger partial charge in [-0.1, -0.05) is 13.0 Å². The molecule has 1 atom stereocenters. The largest absolute Gasteiger partial charge is 0.338 e. The minimum absolute atomic E-state index is 0.219. The van der Waals surface area contributed by atoms with E-state index in [2.05, 4.69) is 41.2 Å². The van der Waals surface area contributed by atoms with E-state index in [1.54, 1.807) is 11.8 Å². The molecule has 1 saturated heterocycles. The molecule has 0 saturated carbocycles. The summed E-state index contributed by atoms with van der Waals surface area (Å²) in [5.74, 6) is 0.586. The van der Waals surface area contributed by atoms with Crippen molar-refractivity contribution in [3.8, 4) is 0 Å². The Morgan fingerprint density at radius 3 is 2.90 bits per heavy atom. The number of rotatable bonds is 3. The summed E-state index contributed by atoms with van der Waals surface area (Å²) in [5, 5.41) is 0. The van der Waals surface area contributed by atoms with Crippen LogP contribution in [0, 0.1) is 5.92 Å². The highest BCUT2D eigenvalue weighted by Gasteiger charge is 2.32. The SMILES string of the molecule is CCN1CC[C@H](C(=O)N2CCc3cc(SC)ccc3C2)C1. The fourth-order valence-electron chi connectivity index (χ4n) is 3.42. The lowest BCUT2D eigenvalue weighted by atomic mass is 9.98. The van der Waals surface area contributed by atoms with Gasteiger partial charge in [0.25, 0.3) is 0 Å². The van der Waals surface area contributed by atoms with Crippen molar-refractivity contribution in [1.29, 1.82) is 0 Å². The van der Waals surface area contributed by atoms with Gasteiger partial charge in [0.05, 0.1) is 5.92 Å². The molecule has 0 aromatic heterocycles. The number of fused-ring (bicyclic) bond motifs is 1. The van der Waals surface area contributed by atoms with Crippen LogP contribution in [0.15, 0.2) is 23.1 Å². The van der Waals surface area contributed by atoms with Gasteiger partial charge in [0, 0.05) is 24.5 Å². The van der Waals surface area contributed by atoms with Gasteiger partial charge in [-0.2, -0.15) is 0 Å². The Hall–Kier alpha value is -1.00. The first-order chi connectivity index (χ1) is 10.2. The Morgan fingerprint density at radius 2 is 2.19 bits per heavy atom. The Bertz CT molecular complexity index is 532. The fourth-order valence-corrected chi connectivity index (χ4v) is 3.89. The van der Waals surface area contributed by atoms with Gasteiger partial charge < -0.3 is 9.80 Å². The molecule has 0 radical (unpaired) electrons. The van der Waals surface area contributed by atoms with E-state index in [1.165, 1.54) is 16.0 Å². The maximum absolute atomic E-state index is 12.7. The second-order valence-electron chi connectivity index (χ2n) is 6.02. The summed E-state index contributed by atoms with van der Waals surface area (Å²) in [6.45, 7) is 6.94. The van der Waals surface area contributed by atoms with Gasteiger partial charge >= 0.3 is 0 Å². The Balaban J connectivity index is 1.67. The van der Waals surface area contributed by atoms with Crippen LogP contribution in [0.4, 0.5) is 0 Å². The zero-order valence-corrected chi connectivity index (χ0v) is 13.8. The zero-order chi connectivity index (χ0) is 14.8. The van der Waals surface area contributed by atoms with E-state index >= 15 is 0 Å². The van der Waals surface area contributed by atoms with Crippen LogP contribution in [-0.4, -0.2) is 48.1 Å². The quantitative estimate of drug-likeness (QED) is 0.802. The number of carbonyl (C=O) groups is 1. The minimum Gasteiger partial charge on any atom is -0.338 e. The van der Waals surface area contributed by atoms with Crippen molar-refractivity contribution >= 4 is 17.7 Å². The number of likely N-dealkylation sites (tertiary alicyclic amines) is 1. The third-order valence-corrected chi connectivity index (χ3v) is 5.53. The highest BCUT2D eigenvalue weighted by atomic mass is 32.2. The molecule has 4 heteroatoms. The molecule has 2 aliphatic heterocycles. The highest BCUT2D eigenvalue weighted by molar-refractivity contribution is 7.98. The van der Waals surface area contributed by atoms with Crippen molar-refractivity contribution in [1.82, 2.24) is 9.80 Å². The second-order valence-corrected chi connectivity index (χ2v) is 6.90. The van der Waals surface area contributed by atoms with Crippen LogP contribution in [0.2, 0.25) is 0 Å². The van der Waals surface area contributed by atoms with Crippen LogP contribution in [0.1, 0.15) is 24.5 Å². The molecular formula is C17H24N2OS. The Morgan fingerprint density at radius 1 is 1.33 bits per heavy atom. The van der Waals surface area contributed by atoms with E-state index in [1.807, 2.05) is 0 Å². The third-order valence-electron chi connectivity index (χ3n) is 4.81. The summed E-state index contributed by atoms with van der Waals surface area (Å²) in [6.07, 6.45) is 4.14. The van der Waals surface area contributed by atoms with Crippen molar-refractivity contribution in [2.45, 2.75) is 31.2 Å². The van der Waals surface area contributed by atoms with Gasteiger partial charge in [0.15, 0.2) is 0 Å². The minimum atomic E-state index is 0.219. The molecule has 3 nitrogen and oxygen atoms in total. The maximum Gasteiger partial charge on any atom is 0.227 e. The van der Waals surface area contributed by atoms with E-state index in [0.717, 1.165) is 45.6 Å². The first-order valence-corrected chi connectivity index (χ1v) is 9.10. The van der Waals surface area contributed by atoms with Crippen molar-refractivity contribution in [3.63, 3.8) is 0 Å². The Kier molecular flexibility index (Phi) is 4.55. The van der Waals surface area contributed by atoms with Crippen LogP contribution < -0.4 is 0 Å². The van der Waals surface area contributed by atoms with Gasteiger partial charge in [-0.05, 0) is 55.4 Å². The monoisotopic (exact) mass is 304 g/mol. The van der Waals surface area contributed by atoms with Crippen molar-refractivity contribution < 1.29 is 4.79 Å². The maximum atomic E-state index is 12.7. The molecule has 21 heavy (non-hydrogen) atoms. The van der Waals surface area contributed by atoms with Gasteiger partial charge in [0.1, 0.15) is 0 Å². The molecule has 1 fully saturated rings. The molecule has 1 aromatic rings. The van der Waals surface area contributed by atoms with E-state index in [-0.39, 0.29) is 5.92 Å². The van der Waals surface area contributed by atoms with Crippen molar-refractivity contribution in [2.24, 2.45) is 5.92 Å². The van der Waals surface area contributed by atoms with Crippen LogP contribution in [0.5, 0.6) is 0 Å². The summed E-state index contributed by atoms with van der Waals surface area (Å²) >= 11 is 1.79. The van der Waals surface area contributed by atoms with E-state index in [9.17, 15) is 4.79 Å². The van der Waals surface area contributed by atoms with Crippen LogP contribution in [-0.2, 0) is 17.8 Å². The average Bonchev–Trinajstić information content (AvgIpc) is 3.02. The normalized spacial score (nSPS) is 22.4. The molecular weight excluding hydrogens is 280 g/mol. The average molecular weight is 304 g/mol. The molecule has 0 spiro atoms. The zero-order valence-electron chi connectivity index (χ0n) is 13.0. The van der Waals surface area contributed by atoms with Gasteiger partial charge in [0.2, 0.25) is 5.91 Å². The summed E-state index contributed by atoms with van der Waals surface area (Å²) in [4.78, 5) is 18.5. The number of nitrogens with zero attached hydrogens (tertiary/aromatic N) is 2. The summed E-state index contributed by atoms with van der Waals surface area (Å²) < 4.78 is 0. The lowest BCUT2D eigenvalue weighted by molar-refractivity contribution is -0.136. The number of benzene rings is 1. The smallest absolute Gasteiger partial charge is 0.227 e. The van der Waals surface area contributed by atoms with Crippen LogP contribution >= 0.6 is 11.8 Å². The highest BCUT2D eigenvalue weighted by Crippen LogP contribution is 2.26. The van der Waals surface area contributed by atoms with Gasteiger partial charge in [-0.15, -0.1) is 11.8 Å². The van der Waals surface area contributed by atoms with E-state index < -0.39 is 0 Å². The van der Waals surface area contributed by atoms with Gasteiger partial charge in [-0.3, -0.25) is 4.79 Å². The van der Waals surface area contributed by atoms with Crippen molar-refractivity contribution in [2.75, 3.05) is 32.4 Å². The van der Waals surface area contributed by atoms with Crippen molar-refractivity contribution in [3.05, 3.63) is 29.3 Å². The molecule has 0 N–H and O–H groups in total. The number of hydrogen-bond donors (Lipinski definition) is 0. The first kappa shape index (κ1) is 14.9. The molecule has 1 aromatic carbocycles. The first-order valence-electron chi connectivity index (χ1n) is 7.88. The number of hydrogen-bond acceptors (Lipinski definition) is 3. The van der Waals surface area contributed by atoms with Crippen LogP contribution in [0.3, 0.4) is 0 Å². The predicted octanol–water partition coefficient (Wildman–Crippen LogP) is 2.64. The third kappa shape index (κ3) is 3.11. The van der Waals surface area contributed by atoms with E-state index in [4.69, 9.17) is 0 Å². The van der Waals surface area contributed by atoms with Crippen LogP contribution in [0.25, 0.3) is 0 Å². The molecule has 0 bridgehead atoms. The second kappa shape index (κ2) is 6.41. The van der Waals surface area contributed by atoms with Gasteiger partial charge in [-0.25, -0.2) is 0 Å². The molecule has 3 rings (SSSR count). The molecule has 2 heterocycles. The summed E-state index contributed by atoms with van der Waals surface area (Å²) in [5.41, 5.74) is 2.75. The molecule has 114 valence electrons. The number of carbonyl (C=O) groups excluding carboxylic acids is 1. The standard InChI is InChI=1S/C17H24N2OS/c1-3-18-8-6-15(11-18)17(20)19-9-7-13-10-16(21-2)5-4-14(13)12-19/h4-5,10,15H,3,6-9,11-12H2,1-2H3/t15-/m0/s1. The lowest BCUT2D eigenvalue weighted by Gasteiger charge is -2.31. The predicted molar refractivity (Wildman–Crippen MR) is 87.6 cm³/mol. The topological polar surface area (TPSA) is 23.6 Å². The number of amides is 1. The fraction of sp³-hybridized carbons (Fsp3) is 0.588. The molecule has 0 unspecified atom stereocenters. The Labute approximate surface area is 131 Å². The van der Waals surface area contributed by atoms with E-state index in [0.29, 0.717) is 5.91 Å².